The molecule has 2 rings (SSSR count). The molecule has 1 N–H and O–H groups in total. The molecule has 1 amide bonds. The third-order valence-corrected chi connectivity index (χ3v) is 5.91. The second-order valence-corrected chi connectivity index (χ2v) is 8.59. The van der Waals surface area contributed by atoms with Crippen molar-refractivity contribution in [2.45, 2.75) is 32.4 Å². The molecule has 1 aromatic carbocycles. The third-order valence-electron chi connectivity index (χ3n) is 4.14. The molecule has 1 aliphatic rings. The fourth-order valence-electron chi connectivity index (χ4n) is 2.72. The molecule has 1 aliphatic heterocycles. The van der Waals surface area contributed by atoms with Gasteiger partial charge in [0.1, 0.15) is 0 Å². The fraction of sp³-hybridized carbons (Fsp3) is 0.474. The van der Waals surface area contributed by atoms with E-state index in [1.165, 1.54) is 26.2 Å². The van der Waals surface area contributed by atoms with Crippen molar-refractivity contribution in [2.75, 3.05) is 25.2 Å². The topological polar surface area (TPSA) is 108 Å². The number of ether oxygens (including phenoxy) is 3. The van der Waals surface area contributed by atoms with Gasteiger partial charge in [-0.1, -0.05) is 6.07 Å². The highest BCUT2D eigenvalue weighted by Gasteiger charge is 2.30. The Morgan fingerprint density at radius 2 is 2.07 bits per heavy atom. The van der Waals surface area contributed by atoms with Crippen LogP contribution in [0.25, 0.3) is 6.08 Å². The molecule has 8 nitrogen and oxygen atoms in total. The molecule has 1 aromatic rings. The molecule has 1 saturated heterocycles. The Balaban J connectivity index is 1.89. The number of esters is 1. The zero-order valence-electron chi connectivity index (χ0n) is 16.1. The molecule has 154 valence electrons. The summed E-state index contributed by atoms with van der Waals surface area (Å²) in [4.78, 5) is 24.0. The molecular formula is C19H25NO7S. The normalized spacial score (nSPS) is 19.2. The molecule has 0 saturated carbocycles. The van der Waals surface area contributed by atoms with E-state index in [1.807, 2.05) is 6.92 Å². The summed E-state index contributed by atoms with van der Waals surface area (Å²) in [6, 6.07) is 4.77. The van der Waals surface area contributed by atoms with Crippen LogP contribution in [0.2, 0.25) is 0 Å². The van der Waals surface area contributed by atoms with Gasteiger partial charge in [-0.05, 0) is 44.0 Å². The van der Waals surface area contributed by atoms with E-state index in [-0.39, 0.29) is 11.5 Å². The Morgan fingerprint density at radius 3 is 2.68 bits per heavy atom. The highest BCUT2D eigenvalue weighted by atomic mass is 32.2. The second kappa shape index (κ2) is 9.59. The molecule has 0 radical (unpaired) electrons. The highest BCUT2D eigenvalue weighted by Crippen LogP contribution is 2.28. The monoisotopic (exact) mass is 411 g/mol. The van der Waals surface area contributed by atoms with Crippen molar-refractivity contribution in [3.8, 4) is 11.5 Å². The van der Waals surface area contributed by atoms with Crippen LogP contribution in [0.5, 0.6) is 11.5 Å². The summed E-state index contributed by atoms with van der Waals surface area (Å²) < 4.78 is 38.6. The number of carbonyl (C=O) groups excluding carboxylic acids is 2. The van der Waals surface area contributed by atoms with Gasteiger partial charge in [-0.25, -0.2) is 13.2 Å². The molecule has 0 spiro atoms. The Labute approximate surface area is 164 Å². The van der Waals surface area contributed by atoms with Crippen molar-refractivity contribution >= 4 is 27.8 Å². The largest absolute Gasteiger partial charge is 0.493 e. The first-order valence-electron chi connectivity index (χ1n) is 8.94. The summed E-state index contributed by atoms with van der Waals surface area (Å²) >= 11 is 0. The first kappa shape index (κ1) is 21.7. The minimum absolute atomic E-state index is 0.0560. The highest BCUT2D eigenvalue weighted by molar-refractivity contribution is 7.91. The van der Waals surface area contributed by atoms with Crippen LogP contribution in [-0.2, 0) is 24.2 Å². The lowest BCUT2D eigenvalue weighted by Crippen LogP contribution is -2.42. The van der Waals surface area contributed by atoms with Gasteiger partial charge < -0.3 is 19.5 Å². The lowest BCUT2D eigenvalue weighted by atomic mass is 10.2. The van der Waals surface area contributed by atoms with Gasteiger partial charge in [-0.3, -0.25) is 4.79 Å². The number of carbonyl (C=O) groups is 2. The molecule has 0 aromatic heterocycles. The number of sulfone groups is 1. The zero-order valence-corrected chi connectivity index (χ0v) is 17.0. The van der Waals surface area contributed by atoms with Crippen molar-refractivity contribution in [3.05, 3.63) is 29.8 Å². The second-order valence-electron chi connectivity index (χ2n) is 6.36. The van der Waals surface area contributed by atoms with Crippen LogP contribution in [0.4, 0.5) is 0 Å². The van der Waals surface area contributed by atoms with E-state index in [0.717, 1.165) is 0 Å². The van der Waals surface area contributed by atoms with Crippen molar-refractivity contribution in [1.29, 1.82) is 0 Å². The maximum atomic E-state index is 12.1. The van der Waals surface area contributed by atoms with E-state index in [9.17, 15) is 18.0 Å². The number of hydrogen-bond donors (Lipinski definition) is 1. The fourth-order valence-corrected chi connectivity index (χ4v) is 4.39. The van der Waals surface area contributed by atoms with E-state index in [0.29, 0.717) is 30.1 Å². The number of rotatable bonds is 8. The van der Waals surface area contributed by atoms with E-state index in [4.69, 9.17) is 14.2 Å². The Hall–Kier alpha value is -2.55. The summed E-state index contributed by atoms with van der Waals surface area (Å²) in [5.74, 6) is -0.0964. The van der Waals surface area contributed by atoms with Crippen LogP contribution < -0.4 is 14.8 Å². The van der Waals surface area contributed by atoms with Crippen LogP contribution in [-0.4, -0.2) is 57.7 Å². The molecule has 0 unspecified atom stereocenters. The minimum Gasteiger partial charge on any atom is -0.493 e. The first-order chi connectivity index (χ1) is 13.2. The molecule has 28 heavy (non-hydrogen) atoms. The van der Waals surface area contributed by atoms with Crippen LogP contribution in [0, 0.1) is 0 Å². The number of amides is 1. The van der Waals surface area contributed by atoms with Gasteiger partial charge in [0.15, 0.2) is 27.4 Å². The molecule has 0 aliphatic carbocycles. The van der Waals surface area contributed by atoms with Gasteiger partial charge in [0.2, 0.25) is 0 Å². The molecule has 1 heterocycles. The van der Waals surface area contributed by atoms with Crippen molar-refractivity contribution in [3.63, 3.8) is 0 Å². The van der Waals surface area contributed by atoms with Gasteiger partial charge in [0.25, 0.3) is 5.91 Å². The predicted octanol–water partition coefficient (Wildman–Crippen LogP) is 1.34. The lowest BCUT2D eigenvalue weighted by molar-refractivity contribution is -0.150. The van der Waals surface area contributed by atoms with Gasteiger partial charge in [0, 0.05) is 12.1 Å². The van der Waals surface area contributed by atoms with Crippen molar-refractivity contribution in [2.24, 2.45) is 0 Å². The zero-order chi connectivity index (χ0) is 20.7. The average Bonchev–Trinajstić information content (AvgIpc) is 2.99. The average molecular weight is 411 g/mol. The number of methoxy groups -OCH3 is 1. The Kier molecular flexibility index (Phi) is 7.45. The lowest BCUT2D eigenvalue weighted by Gasteiger charge is -2.15. The van der Waals surface area contributed by atoms with Crippen LogP contribution in [0.15, 0.2) is 24.3 Å². The van der Waals surface area contributed by atoms with Crippen LogP contribution >= 0.6 is 0 Å². The maximum absolute atomic E-state index is 12.1. The number of nitrogens with one attached hydrogen (secondary N) is 1. The molecule has 1 fully saturated rings. The molecule has 0 bridgehead atoms. The van der Waals surface area contributed by atoms with Gasteiger partial charge in [-0.2, -0.15) is 0 Å². The minimum atomic E-state index is -3.09. The molecular weight excluding hydrogens is 386 g/mol. The third kappa shape index (κ3) is 6.26. The smallest absolute Gasteiger partial charge is 0.331 e. The Morgan fingerprint density at radius 1 is 1.32 bits per heavy atom. The standard InChI is InChI=1S/C19H25NO7S/c1-4-26-16-7-5-14(11-17(16)25-3)6-8-18(21)27-13(2)19(22)20-15-9-10-28(23,24)12-15/h5-8,11,13,15H,4,9-10,12H2,1-3H3,(H,20,22)/b8-6+/t13-,15-/m0/s1. The summed E-state index contributed by atoms with van der Waals surface area (Å²) in [7, 11) is -1.57. The predicted molar refractivity (Wildman–Crippen MR) is 104 cm³/mol. The van der Waals surface area contributed by atoms with Crippen molar-refractivity contribution in [1.82, 2.24) is 5.32 Å². The van der Waals surface area contributed by atoms with E-state index in [1.54, 1.807) is 18.2 Å². The summed E-state index contributed by atoms with van der Waals surface area (Å²) in [6.07, 6.45) is 2.08. The maximum Gasteiger partial charge on any atom is 0.331 e. The van der Waals surface area contributed by atoms with Crippen molar-refractivity contribution < 1.29 is 32.2 Å². The summed E-state index contributed by atoms with van der Waals surface area (Å²) in [5.41, 5.74) is 0.700. The van der Waals surface area contributed by atoms with Crippen LogP contribution in [0.1, 0.15) is 25.8 Å². The van der Waals surface area contributed by atoms with Crippen LogP contribution in [0.3, 0.4) is 0 Å². The number of benzene rings is 1. The van der Waals surface area contributed by atoms with E-state index < -0.39 is 33.9 Å². The summed E-state index contributed by atoms with van der Waals surface area (Å²) in [5, 5.41) is 2.60. The Bertz CT molecular complexity index is 848. The SMILES string of the molecule is CCOc1ccc(/C=C/C(=O)O[C@@H](C)C(=O)N[C@H]2CCS(=O)(=O)C2)cc1OC. The van der Waals surface area contributed by atoms with Gasteiger partial charge >= 0.3 is 5.97 Å². The number of hydrogen-bond acceptors (Lipinski definition) is 7. The van der Waals surface area contributed by atoms with Gasteiger partial charge in [0.05, 0.1) is 25.2 Å². The van der Waals surface area contributed by atoms with E-state index in [2.05, 4.69) is 5.32 Å². The molecule has 9 heteroatoms. The molecule has 2 atom stereocenters. The quantitative estimate of drug-likeness (QED) is 0.508. The first-order valence-corrected chi connectivity index (χ1v) is 10.8. The van der Waals surface area contributed by atoms with E-state index >= 15 is 0 Å². The summed E-state index contributed by atoms with van der Waals surface area (Å²) in [6.45, 7) is 3.81. The van der Waals surface area contributed by atoms with Gasteiger partial charge in [-0.15, -0.1) is 0 Å².